The predicted molar refractivity (Wildman–Crippen MR) is 164 cm³/mol. The van der Waals surface area contributed by atoms with Gasteiger partial charge in [0.15, 0.2) is 0 Å². The van der Waals surface area contributed by atoms with Gasteiger partial charge in [0.25, 0.3) is 0 Å². The second kappa shape index (κ2) is 11.3. The summed E-state index contributed by atoms with van der Waals surface area (Å²) < 4.78 is 2.26. The number of fused-ring (bicyclic) bond motifs is 1. The van der Waals surface area contributed by atoms with E-state index in [1.54, 1.807) is 0 Å². The minimum atomic E-state index is -0.0940. The quantitative estimate of drug-likeness (QED) is 0.247. The molecule has 0 atom stereocenters. The van der Waals surface area contributed by atoms with Crippen molar-refractivity contribution in [1.29, 1.82) is 0 Å². The molecule has 1 fully saturated rings. The van der Waals surface area contributed by atoms with Crippen molar-refractivity contribution in [2.24, 2.45) is 7.05 Å². The second-order valence-corrected chi connectivity index (χ2v) is 12.0. The van der Waals surface area contributed by atoms with Crippen LogP contribution in [-0.4, -0.2) is 17.1 Å². The van der Waals surface area contributed by atoms with Gasteiger partial charge in [-0.15, -0.1) is 0 Å². The number of para-hydroxylation sites is 2. The summed E-state index contributed by atoms with van der Waals surface area (Å²) in [6, 6.07) is 25.5. The highest BCUT2D eigenvalue weighted by Gasteiger charge is 2.41. The molecule has 1 heterocycles. The van der Waals surface area contributed by atoms with Gasteiger partial charge in [-0.1, -0.05) is 107 Å². The number of carbonyl (C=O) groups is 1. The second-order valence-electron chi connectivity index (χ2n) is 12.0. The van der Waals surface area contributed by atoms with E-state index in [1.165, 1.54) is 40.4 Å². The van der Waals surface area contributed by atoms with Gasteiger partial charge < -0.3 is 9.88 Å². The number of aromatic nitrogens is 1. The number of hydrogen-bond acceptors (Lipinski definition) is 1. The molecule has 204 valence electrons. The Morgan fingerprint density at radius 2 is 1.49 bits per heavy atom. The Kier molecular flexibility index (Phi) is 7.83. The number of aryl methyl sites for hydroxylation is 1. The molecule has 1 aromatic heterocycles. The van der Waals surface area contributed by atoms with Gasteiger partial charge in [-0.25, -0.2) is 4.79 Å². The first-order valence-corrected chi connectivity index (χ1v) is 14.6. The van der Waals surface area contributed by atoms with Crippen LogP contribution in [0.4, 0.5) is 10.5 Å². The summed E-state index contributed by atoms with van der Waals surface area (Å²) in [4.78, 5) is 16.4. The molecule has 3 aromatic carbocycles. The normalized spacial score (nSPS) is 14.8. The molecular formula is C35H43N3O. The third-order valence-corrected chi connectivity index (χ3v) is 8.63. The van der Waals surface area contributed by atoms with E-state index in [-0.39, 0.29) is 11.4 Å². The molecule has 1 aliphatic rings. The Labute approximate surface area is 234 Å². The summed E-state index contributed by atoms with van der Waals surface area (Å²) in [5, 5.41) is 4.61. The minimum absolute atomic E-state index is 0.0136. The summed E-state index contributed by atoms with van der Waals surface area (Å²) in [6.07, 6.45) is 6.87. The number of nitrogens with one attached hydrogen (secondary N) is 1. The standard InChI is InChI=1S/C35H43N3O/c1-25(2)28-17-13-18-29(26(3)4)33(28)38(34(39)36-22-27-14-7-6-8-15-27)24-35(20-11-12-21-35)31-23-37(5)32-19-10-9-16-30(31)32/h6-10,13-19,23,25-26H,11-12,20-22,24H2,1-5H3,(H,36,39). The lowest BCUT2D eigenvalue weighted by atomic mass is 9.77. The first kappa shape index (κ1) is 27.1. The van der Waals surface area contributed by atoms with E-state index < -0.39 is 0 Å². The van der Waals surface area contributed by atoms with E-state index in [0.29, 0.717) is 24.9 Å². The maximum atomic E-state index is 14.3. The number of anilines is 1. The van der Waals surface area contributed by atoms with E-state index in [4.69, 9.17) is 0 Å². The summed E-state index contributed by atoms with van der Waals surface area (Å²) in [5.41, 5.74) is 7.22. The van der Waals surface area contributed by atoms with E-state index in [1.807, 2.05) is 18.2 Å². The van der Waals surface area contributed by atoms with Gasteiger partial charge in [-0.2, -0.15) is 0 Å². The lowest BCUT2D eigenvalue weighted by Crippen LogP contribution is -2.48. The fourth-order valence-corrected chi connectivity index (χ4v) is 6.58. The molecule has 0 radical (unpaired) electrons. The Morgan fingerprint density at radius 1 is 0.872 bits per heavy atom. The smallest absolute Gasteiger partial charge is 0.322 e. The molecule has 4 nitrogen and oxygen atoms in total. The van der Waals surface area contributed by atoms with Crippen molar-refractivity contribution in [2.75, 3.05) is 11.4 Å². The molecule has 0 saturated heterocycles. The van der Waals surface area contributed by atoms with Gasteiger partial charge in [0.1, 0.15) is 0 Å². The van der Waals surface area contributed by atoms with Crippen LogP contribution in [0.1, 0.15) is 87.5 Å². The van der Waals surface area contributed by atoms with Crippen molar-refractivity contribution in [3.05, 3.63) is 101 Å². The number of benzene rings is 3. The van der Waals surface area contributed by atoms with Crippen LogP contribution in [0.2, 0.25) is 0 Å². The molecule has 0 aliphatic heterocycles. The first-order valence-electron chi connectivity index (χ1n) is 14.6. The fraction of sp³-hybridized carbons (Fsp3) is 0.400. The van der Waals surface area contributed by atoms with Gasteiger partial charge in [-0.05, 0) is 53.0 Å². The SMILES string of the molecule is CC(C)c1cccc(C(C)C)c1N(CC1(c2cn(C)c3ccccc23)CCCC1)C(=O)NCc1ccccc1. The minimum Gasteiger partial charge on any atom is -0.350 e. The summed E-state index contributed by atoms with van der Waals surface area (Å²) in [5.74, 6) is 0.611. The molecule has 39 heavy (non-hydrogen) atoms. The van der Waals surface area contributed by atoms with E-state index in [2.05, 4.69) is 110 Å². The number of carbonyl (C=O) groups excluding carboxylic acids is 1. The molecule has 4 aromatic rings. The zero-order valence-corrected chi connectivity index (χ0v) is 24.2. The van der Waals surface area contributed by atoms with Crippen molar-refractivity contribution in [1.82, 2.24) is 9.88 Å². The molecule has 1 saturated carbocycles. The van der Waals surface area contributed by atoms with Crippen molar-refractivity contribution in [3.8, 4) is 0 Å². The van der Waals surface area contributed by atoms with E-state index >= 15 is 0 Å². The van der Waals surface area contributed by atoms with Gasteiger partial charge in [0, 0.05) is 42.7 Å². The van der Waals surface area contributed by atoms with E-state index in [0.717, 1.165) is 24.1 Å². The maximum Gasteiger partial charge on any atom is 0.322 e. The average Bonchev–Trinajstić information content (AvgIpc) is 3.56. The Balaban J connectivity index is 1.63. The highest BCUT2D eigenvalue weighted by molar-refractivity contribution is 5.95. The Morgan fingerprint density at radius 3 is 2.13 bits per heavy atom. The van der Waals surface area contributed by atoms with Crippen molar-refractivity contribution < 1.29 is 4.79 Å². The highest BCUT2D eigenvalue weighted by atomic mass is 16.2. The molecule has 2 amide bonds. The van der Waals surface area contributed by atoms with Gasteiger partial charge >= 0.3 is 6.03 Å². The van der Waals surface area contributed by atoms with Gasteiger partial charge in [-0.3, -0.25) is 4.90 Å². The number of rotatable bonds is 8. The van der Waals surface area contributed by atoms with Crippen molar-refractivity contribution in [3.63, 3.8) is 0 Å². The monoisotopic (exact) mass is 521 g/mol. The van der Waals surface area contributed by atoms with Crippen LogP contribution in [0.15, 0.2) is 79.0 Å². The molecule has 0 spiro atoms. The third kappa shape index (κ3) is 5.34. The summed E-state index contributed by atoms with van der Waals surface area (Å²) >= 11 is 0. The first-order chi connectivity index (χ1) is 18.8. The molecule has 5 rings (SSSR count). The van der Waals surface area contributed by atoms with Crippen LogP contribution in [0.3, 0.4) is 0 Å². The third-order valence-electron chi connectivity index (χ3n) is 8.63. The van der Waals surface area contributed by atoms with Gasteiger partial charge in [0.2, 0.25) is 0 Å². The number of amides is 2. The van der Waals surface area contributed by atoms with Crippen LogP contribution in [0.25, 0.3) is 10.9 Å². The highest BCUT2D eigenvalue weighted by Crippen LogP contribution is 2.47. The Hall–Kier alpha value is -3.53. The van der Waals surface area contributed by atoms with Crippen LogP contribution < -0.4 is 10.2 Å². The number of nitrogens with zero attached hydrogens (tertiary/aromatic N) is 2. The zero-order chi connectivity index (χ0) is 27.6. The lowest BCUT2D eigenvalue weighted by molar-refractivity contribution is 0.243. The molecular weight excluding hydrogens is 478 g/mol. The Bertz CT molecular complexity index is 1400. The average molecular weight is 522 g/mol. The molecule has 0 unspecified atom stereocenters. The summed E-state index contributed by atoms with van der Waals surface area (Å²) in [6.45, 7) is 10.1. The lowest BCUT2D eigenvalue weighted by Gasteiger charge is -2.38. The van der Waals surface area contributed by atoms with Crippen LogP contribution in [0, 0.1) is 0 Å². The topological polar surface area (TPSA) is 37.3 Å². The zero-order valence-electron chi connectivity index (χ0n) is 24.2. The van der Waals surface area contributed by atoms with Gasteiger partial charge in [0.05, 0.1) is 5.69 Å². The van der Waals surface area contributed by atoms with E-state index in [9.17, 15) is 4.79 Å². The largest absolute Gasteiger partial charge is 0.350 e. The summed E-state index contributed by atoms with van der Waals surface area (Å²) in [7, 11) is 2.14. The molecule has 0 bridgehead atoms. The molecule has 4 heteroatoms. The van der Waals surface area contributed by atoms with Crippen molar-refractivity contribution in [2.45, 2.75) is 77.2 Å². The van der Waals surface area contributed by atoms with Crippen molar-refractivity contribution >= 4 is 22.6 Å². The van der Waals surface area contributed by atoms with Crippen LogP contribution in [0.5, 0.6) is 0 Å². The number of urea groups is 1. The van der Waals surface area contributed by atoms with Crippen LogP contribution >= 0.6 is 0 Å². The van der Waals surface area contributed by atoms with Crippen LogP contribution in [-0.2, 0) is 19.0 Å². The molecule has 1 N–H and O–H groups in total. The number of hydrogen-bond donors (Lipinski definition) is 1. The maximum absolute atomic E-state index is 14.3. The fourth-order valence-electron chi connectivity index (χ4n) is 6.58. The predicted octanol–water partition coefficient (Wildman–Crippen LogP) is 8.65. The molecule has 1 aliphatic carbocycles.